The maximum absolute atomic E-state index is 12.2. The molecule has 1 N–H and O–H groups in total. The monoisotopic (exact) mass is 271 g/mol. The number of ether oxygens (including phenoxy) is 1. The van der Waals surface area contributed by atoms with E-state index in [-0.39, 0.29) is 5.78 Å². The summed E-state index contributed by atoms with van der Waals surface area (Å²) in [5, 5.41) is 0. The van der Waals surface area contributed by atoms with E-state index in [2.05, 4.69) is 4.98 Å². The van der Waals surface area contributed by atoms with E-state index in [0.717, 1.165) is 11.1 Å². The zero-order chi connectivity index (χ0) is 14.5. The fraction of sp³-hybridized carbons (Fsp3) is 0.250. The van der Waals surface area contributed by atoms with Crippen molar-refractivity contribution < 1.29 is 14.3 Å². The van der Waals surface area contributed by atoms with E-state index in [9.17, 15) is 9.59 Å². The van der Waals surface area contributed by atoms with Crippen LogP contribution in [-0.4, -0.2) is 23.3 Å². The summed E-state index contributed by atoms with van der Waals surface area (Å²) in [7, 11) is 0. The number of aryl methyl sites for hydroxylation is 1. The van der Waals surface area contributed by atoms with Gasteiger partial charge in [0.05, 0.1) is 6.61 Å². The van der Waals surface area contributed by atoms with Crippen LogP contribution in [0.4, 0.5) is 0 Å². The lowest BCUT2D eigenvalue weighted by atomic mass is 10.0. The largest absolute Gasteiger partial charge is 0.461 e. The molecule has 1 heterocycles. The molecule has 0 aliphatic heterocycles. The summed E-state index contributed by atoms with van der Waals surface area (Å²) in [6.45, 7) is 4.03. The third-order valence-electron chi connectivity index (χ3n) is 3.11. The van der Waals surface area contributed by atoms with Crippen molar-refractivity contribution in [3.8, 4) is 0 Å². The maximum Gasteiger partial charge on any atom is 0.354 e. The Morgan fingerprint density at radius 3 is 2.70 bits per heavy atom. The van der Waals surface area contributed by atoms with Gasteiger partial charge in [-0.15, -0.1) is 0 Å². The van der Waals surface area contributed by atoms with Gasteiger partial charge in [-0.2, -0.15) is 0 Å². The molecular weight excluding hydrogens is 254 g/mol. The van der Waals surface area contributed by atoms with E-state index in [4.69, 9.17) is 4.74 Å². The number of ketones is 1. The lowest BCUT2D eigenvalue weighted by molar-refractivity contribution is 0.0520. The van der Waals surface area contributed by atoms with Gasteiger partial charge < -0.3 is 9.72 Å². The van der Waals surface area contributed by atoms with Gasteiger partial charge in [0.2, 0.25) is 0 Å². The lowest BCUT2D eigenvalue weighted by Gasteiger charge is -2.03. The number of carbonyl (C=O) groups is 2. The van der Waals surface area contributed by atoms with Crippen LogP contribution in [0, 0.1) is 6.92 Å². The highest BCUT2D eigenvalue weighted by molar-refractivity contribution is 6.00. The minimum absolute atomic E-state index is 0.0221. The van der Waals surface area contributed by atoms with Crippen molar-refractivity contribution in [3.63, 3.8) is 0 Å². The molecule has 0 atom stereocenters. The quantitative estimate of drug-likeness (QED) is 0.672. The van der Waals surface area contributed by atoms with Gasteiger partial charge in [0, 0.05) is 18.2 Å². The molecule has 4 heteroatoms. The van der Waals surface area contributed by atoms with E-state index >= 15 is 0 Å². The van der Waals surface area contributed by atoms with E-state index in [0.29, 0.717) is 24.3 Å². The van der Waals surface area contributed by atoms with Gasteiger partial charge in [-0.25, -0.2) is 4.79 Å². The Balaban J connectivity index is 2.11. The summed E-state index contributed by atoms with van der Waals surface area (Å²) in [5.41, 5.74) is 2.88. The number of aromatic nitrogens is 1. The molecule has 0 spiro atoms. The van der Waals surface area contributed by atoms with Crippen molar-refractivity contribution in [3.05, 3.63) is 58.9 Å². The maximum atomic E-state index is 12.2. The van der Waals surface area contributed by atoms with Crippen molar-refractivity contribution in [2.24, 2.45) is 0 Å². The summed E-state index contributed by atoms with van der Waals surface area (Å²) in [6.07, 6.45) is 1.87. The molecule has 0 saturated heterocycles. The molecule has 4 nitrogen and oxygen atoms in total. The number of hydrogen-bond donors (Lipinski definition) is 1. The fourth-order valence-corrected chi connectivity index (χ4v) is 1.97. The molecule has 104 valence electrons. The minimum atomic E-state index is -0.442. The molecule has 0 saturated carbocycles. The summed E-state index contributed by atoms with van der Waals surface area (Å²) < 4.78 is 4.88. The van der Waals surface area contributed by atoms with Crippen molar-refractivity contribution in [1.82, 2.24) is 4.98 Å². The summed E-state index contributed by atoms with van der Waals surface area (Å²) in [4.78, 5) is 26.5. The Kier molecular flexibility index (Phi) is 4.35. The third kappa shape index (κ3) is 3.15. The summed E-state index contributed by atoms with van der Waals surface area (Å²) >= 11 is 0. The van der Waals surface area contributed by atoms with E-state index in [1.807, 2.05) is 31.2 Å². The Morgan fingerprint density at radius 1 is 1.25 bits per heavy atom. The highest BCUT2D eigenvalue weighted by atomic mass is 16.5. The first-order chi connectivity index (χ1) is 9.61. The van der Waals surface area contributed by atoms with Gasteiger partial charge in [0.25, 0.3) is 0 Å². The van der Waals surface area contributed by atoms with Crippen molar-refractivity contribution >= 4 is 11.8 Å². The van der Waals surface area contributed by atoms with Gasteiger partial charge in [-0.1, -0.05) is 24.3 Å². The minimum Gasteiger partial charge on any atom is -0.461 e. The number of aromatic amines is 1. The second kappa shape index (κ2) is 6.19. The van der Waals surface area contributed by atoms with Crippen LogP contribution < -0.4 is 0 Å². The summed E-state index contributed by atoms with van der Waals surface area (Å²) in [5.74, 6) is -0.464. The molecule has 20 heavy (non-hydrogen) atoms. The zero-order valence-corrected chi connectivity index (χ0v) is 11.6. The molecule has 0 unspecified atom stereocenters. The number of H-pyrrole nitrogens is 1. The Morgan fingerprint density at radius 2 is 2.00 bits per heavy atom. The zero-order valence-electron chi connectivity index (χ0n) is 11.6. The molecular formula is C16H17NO3. The van der Waals surface area contributed by atoms with Crippen LogP contribution in [-0.2, 0) is 11.2 Å². The van der Waals surface area contributed by atoms with Crippen LogP contribution in [0.25, 0.3) is 0 Å². The molecule has 0 amide bonds. The van der Waals surface area contributed by atoms with Crippen LogP contribution in [0.1, 0.15) is 38.9 Å². The predicted molar refractivity (Wildman–Crippen MR) is 76.0 cm³/mol. The predicted octanol–water partition coefficient (Wildman–Crippen LogP) is 2.93. The van der Waals surface area contributed by atoms with Crippen LogP contribution in [0.15, 0.2) is 36.5 Å². The summed E-state index contributed by atoms with van der Waals surface area (Å²) in [6, 6.07) is 9.31. The van der Waals surface area contributed by atoms with Crippen molar-refractivity contribution in [1.29, 1.82) is 0 Å². The molecule has 0 fully saturated rings. The molecule has 0 radical (unpaired) electrons. The van der Waals surface area contributed by atoms with Crippen LogP contribution in [0.2, 0.25) is 0 Å². The van der Waals surface area contributed by atoms with Gasteiger partial charge in [0.15, 0.2) is 5.78 Å². The topological polar surface area (TPSA) is 59.2 Å². The molecule has 2 aromatic rings. The number of carbonyl (C=O) groups excluding carboxylic acids is 2. The molecule has 0 bridgehead atoms. The van der Waals surface area contributed by atoms with Gasteiger partial charge in [-0.05, 0) is 31.0 Å². The van der Waals surface area contributed by atoms with Crippen molar-refractivity contribution in [2.45, 2.75) is 20.3 Å². The number of benzene rings is 1. The van der Waals surface area contributed by atoms with E-state index in [1.54, 1.807) is 19.2 Å². The molecule has 2 rings (SSSR count). The molecule has 0 aliphatic carbocycles. The van der Waals surface area contributed by atoms with Crippen LogP contribution in [0.5, 0.6) is 0 Å². The SMILES string of the molecule is CCOC(=O)c1cc(C(=O)Cc2ccccc2C)c[nH]1. The number of nitrogens with one attached hydrogen (secondary N) is 1. The highest BCUT2D eigenvalue weighted by Gasteiger charge is 2.14. The standard InChI is InChI=1S/C16H17NO3/c1-3-20-16(19)14-8-13(10-17-14)15(18)9-12-7-5-4-6-11(12)2/h4-8,10,17H,3,9H2,1-2H3. The van der Waals surface area contributed by atoms with Crippen LogP contribution in [0.3, 0.4) is 0 Å². The van der Waals surface area contributed by atoms with E-state index in [1.165, 1.54) is 0 Å². The smallest absolute Gasteiger partial charge is 0.354 e. The molecule has 1 aromatic carbocycles. The Bertz CT molecular complexity index is 628. The number of Topliss-reactive ketones (excluding diaryl/α,β-unsaturated/α-hetero) is 1. The number of rotatable bonds is 5. The van der Waals surface area contributed by atoms with Gasteiger partial charge in [0.1, 0.15) is 5.69 Å². The normalized spacial score (nSPS) is 10.3. The first-order valence-corrected chi connectivity index (χ1v) is 6.55. The average Bonchev–Trinajstić information content (AvgIpc) is 2.91. The lowest BCUT2D eigenvalue weighted by Crippen LogP contribution is -2.05. The molecule has 1 aromatic heterocycles. The van der Waals surface area contributed by atoms with E-state index < -0.39 is 5.97 Å². The van der Waals surface area contributed by atoms with Gasteiger partial charge in [-0.3, -0.25) is 4.79 Å². The average molecular weight is 271 g/mol. The highest BCUT2D eigenvalue weighted by Crippen LogP contribution is 2.13. The van der Waals surface area contributed by atoms with Gasteiger partial charge >= 0.3 is 5.97 Å². The second-order valence-corrected chi connectivity index (χ2v) is 4.55. The first-order valence-electron chi connectivity index (χ1n) is 6.55. The number of hydrogen-bond acceptors (Lipinski definition) is 3. The molecule has 0 aliphatic rings. The Hall–Kier alpha value is -2.36. The first kappa shape index (κ1) is 14.1. The third-order valence-corrected chi connectivity index (χ3v) is 3.11. The van der Waals surface area contributed by atoms with Crippen molar-refractivity contribution in [2.75, 3.05) is 6.61 Å². The fourth-order valence-electron chi connectivity index (χ4n) is 1.97. The Labute approximate surface area is 117 Å². The number of esters is 1. The van der Waals surface area contributed by atoms with Crippen LogP contribution >= 0.6 is 0 Å². The second-order valence-electron chi connectivity index (χ2n) is 4.55.